The Morgan fingerprint density at radius 1 is 1.30 bits per heavy atom. The van der Waals surface area contributed by atoms with Gasteiger partial charge in [0, 0.05) is 5.56 Å². The number of hydrogen-bond donors (Lipinski definition) is 2. The summed E-state index contributed by atoms with van der Waals surface area (Å²) in [5.74, 6) is -0.772. The van der Waals surface area contributed by atoms with Gasteiger partial charge in [-0.3, -0.25) is 9.59 Å². The predicted octanol–water partition coefficient (Wildman–Crippen LogP) is 2.24. The van der Waals surface area contributed by atoms with Crippen LogP contribution in [0.3, 0.4) is 0 Å². The van der Waals surface area contributed by atoms with Crippen molar-refractivity contribution in [1.29, 1.82) is 0 Å². The van der Waals surface area contributed by atoms with E-state index < -0.39 is 11.9 Å². The van der Waals surface area contributed by atoms with Gasteiger partial charge in [-0.2, -0.15) is 0 Å². The highest BCUT2D eigenvalue weighted by atomic mass is 16.2. The van der Waals surface area contributed by atoms with Crippen molar-refractivity contribution in [1.82, 2.24) is 5.32 Å². The summed E-state index contributed by atoms with van der Waals surface area (Å²) in [5, 5.41) is 2.70. The van der Waals surface area contributed by atoms with Crippen molar-refractivity contribution in [2.75, 3.05) is 0 Å². The maximum atomic E-state index is 12.2. The Morgan fingerprint density at radius 2 is 1.90 bits per heavy atom. The summed E-state index contributed by atoms with van der Waals surface area (Å²) in [6, 6.07) is 4.95. The van der Waals surface area contributed by atoms with Crippen molar-refractivity contribution < 1.29 is 9.59 Å². The monoisotopic (exact) mass is 274 g/mol. The first-order chi connectivity index (χ1) is 9.43. The van der Waals surface area contributed by atoms with Gasteiger partial charge >= 0.3 is 0 Å². The number of allylic oxidation sites excluding steroid dienone is 1. The summed E-state index contributed by atoms with van der Waals surface area (Å²) in [4.78, 5) is 23.5. The summed E-state index contributed by atoms with van der Waals surface area (Å²) in [6.45, 7) is 7.49. The summed E-state index contributed by atoms with van der Waals surface area (Å²) in [7, 11) is 0. The van der Waals surface area contributed by atoms with Gasteiger partial charge in [-0.1, -0.05) is 23.3 Å². The fourth-order valence-electron chi connectivity index (χ4n) is 2.10. The molecule has 2 amide bonds. The number of aryl methyl sites for hydroxylation is 2. The topological polar surface area (TPSA) is 72.2 Å². The molecule has 1 rings (SSSR count). The van der Waals surface area contributed by atoms with Crippen molar-refractivity contribution in [3.8, 4) is 0 Å². The Morgan fingerprint density at radius 3 is 2.40 bits per heavy atom. The quantitative estimate of drug-likeness (QED) is 0.591. The number of rotatable bonds is 7. The van der Waals surface area contributed by atoms with E-state index in [0.717, 1.165) is 24.0 Å². The molecule has 0 aromatic heterocycles. The molecule has 1 aromatic rings. The Kier molecular flexibility index (Phi) is 5.97. The lowest BCUT2D eigenvalue weighted by molar-refractivity contribution is -0.120. The number of primary amides is 1. The van der Waals surface area contributed by atoms with Gasteiger partial charge in [0.2, 0.25) is 5.91 Å². The highest BCUT2D eigenvalue weighted by Crippen LogP contribution is 2.10. The zero-order valence-electron chi connectivity index (χ0n) is 12.1. The zero-order valence-corrected chi connectivity index (χ0v) is 12.1. The van der Waals surface area contributed by atoms with Gasteiger partial charge in [-0.25, -0.2) is 0 Å². The first-order valence-electron chi connectivity index (χ1n) is 6.73. The highest BCUT2D eigenvalue weighted by Gasteiger charge is 2.18. The van der Waals surface area contributed by atoms with Gasteiger partial charge < -0.3 is 11.1 Å². The summed E-state index contributed by atoms with van der Waals surface area (Å²) < 4.78 is 0. The molecule has 0 aliphatic heterocycles. The van der Waals surface area contributed by atoms with E-state index in [9.17, 15) is 9.59 Å². The number of amides is 2. The van der Waals surface area contributed by atoms with E-state index >= 15 is 0 Å². The Bertz CT molecular complexity index is 489. The number of unbranched alkanes of at least 4 members (excludes halogenated alkanes) is 1. The molecular formula is C16H22N2O2. The van der Waals surface area contributed by atoms with Crippen LogP contribution in [-0.2, 0) is 4.79 Å². The van der Waals surface area contributed by atoms with Gasteiger partial charge in [0.05, 0.1) is 0 Å². The van der Waals surface area contributed by atoms with Crippen LogP contribution in [0.15, 0.2) is 30.9 Å². The molecule has 0 saturated heterocycles. The second-order valence-corrected chi connectivity index (χ2v) is 5.02. The van der Waals surface area contributed by atoms with Crippen LogP contribution >= 0.6 is 0 Å². The van der Waals surface area contributed by atoms with Crippen LogP contribution in [0.2, 0.25) is 0 Å². The number of nitrogens with two attached hydrogens (primary N) is 1. The second-order valence-electron chi connectivity index (χ2n) is 5.02. The molecule has 0 heterocycles. The van der Waals surface area contributed by atoms with E-state index in [-0.39, 0.29) is 5.91 Å². The van der Waals surface area contributed by atoms with Crippen LogP contribution < -0.4 is 11.1 Å². The van der Waals surface area contributed by atoms with E-state index in [1.165, 1.54) is 0 Å². The number of nitrogens with one attached hydrogen (secondary N) is 1. The molecule has 20 heavy (non-hydrogen) atoms. The van der Waals surface area contributed by atoms with E-state index in [1.807, 2.05) is 19.9 Å². The molecule has 0 bridgehead atoms. The van der Waals surface area contributed by atoms with E-state index in [4.69, 9.17) is 5.73 Å². The van der Waals surface area contributed by atoms with Crippen LogP contribution in [-0.4, -0.2) is 17.9 Å². The molecule has 1 aromatic carbocycles. The van der Waals surface area contributed by atoms with Gasteiger partial charge in [0.15, 0.2) is 0 Å². The number of carbonyl (C=O) groups excluding carboxylic acids is 2. The number of carbonyl (C=O) groups is 2. The minimum Gasteiger partial charge on any atom is -0.368 e. The lowest BCUT2D eigenvalue weighted by atomic mass is 10.1. The minimum absolute atomic E-state index is 0.265. The molecule has 0 spiro atoms. The van der Waals surface area contributed by atoms with Crippen LogP contribution in [0, 0.1) is 13.8 Å². The van der Waals surface area contributed by atoms with Crippen LogP contribution in [0.4, 0.5) is 0 Å². The van der Waals surface area contributed by atoms with Crippen LogP contribution in [0.5, 0.6) is 0 Å². The minimum atomic E-state index is -0.636. The summed E-state index contributed by atoms with van der Waals surface area (Å²) >= 11 is 0. The molecule has 0 radical (unpaired) electrons. The standard InChI is InChI=1S/C16H22N2O2/c1-4-5-6-7-14(15(17)19)18-16(20)13-9-11(2)8-12(3)10-13/h4,8-10,14H,1,5-7H2,2-3H3,(H2,17,19)(H,18,20)/t14-/m1/s1. The molecule has 108 valence electrons. The summed E-state index contributed by atoms with van der Waals surface area (Å²) in [5.41, 5.74) is 7.90. The molecule has 3 N–H and O–H groups in total. The molecule has 0 fully saturated rings. The lowest BCUT2D eigenvalue weighted by Gasteiger charge is -2.15. The maximum Gasteiger partial charge on any atom is 0.251 e. The van der Waals surface area contributed by atoms with Crippen molar-refractivity contribution in [3.63, 3.8) is 0 Å². The fraction of sp³-hybridized carbons (Fsp3) is 0.375. The Labute approximate surface area is 120 Å². The highest BCUT2D eigenvalue weighted by molar-refractivity contribution is 5.97. The van der Waals surface area contributed by atoms with Gasteiger partial charge in [0.25, 0.3) is 5.91 Å². The average Bonchev–Trinajstić information content (AvgIpc) is 2.36. The number of benzene rings is 1. The molecule has 0 aliphatic rings. The first kappa shape index (κ1) is 16.0. The van der Waals surface area contributed by atoms with Crippen molar-refractivity contribution >= 4 is 11.8 Å². The van der Waals surface area contributed by atoms with Crippen molar-refractivity contribution in [2.24, 2.45) is 5.73 Å². The summed E-state index contributed by atoms with van der Waals surface area (Å²) in [6.07, 6.45) is 3.87. The molecule has 4 nitrogen and oxygen atoms in total. The van der Waals surface area contributed by atoms with Crippen LogP contribution in [0.25, 0.3) is 0 Å². The van der Waals surface area contributed by atoms with Crippen molar-refractivity contribution in [2.45, 2.75) is 39.2 Å². The molecular weight excluding hydrogens is 252 g/mol. The van der Waals surface area contributed by atoms with Gasteiger partial charge in [0.1, 0.15) is 6.04 Å². The van der Waals surface area contributed by atoms with Crippen LogP contribution in [0.1, 0.15) is 40.7 Å². The Balaban J connectivity index is 2.74. The van der Waals surface area contributed by atoms with E-state index in [1.54, 1.807) is 18.2 Å². The second kappa shape index (κ2) is 7.48. The lowest BCUT2D eigenvalue weighted by Crippen LogP contribution is -2.44. The normalized spacial score (nSPS) is 11.7. The predicted molar refractivity (Wildman–Crippen MR) is 80.4 cm³/mol. The average molecular weight is 274 g/mol. The van der Waals surface area contributed by atoms with Gasteiger partial charge in [-0.05, 0) is 45.2 Å². The maximum absolute atomic E-state index is 12.2. The molecule has 0 saturated carbocycles. The number of hydrogen-bond acceptors (Lipinski definition) is 2. The fourth-order valence-corrected chi connectivity index (χ4v) is 2.10. The molecule has 0 unspecified atom stereocenters. The van der Waals surface area contributed by atoms with Crippen molar-refractivity contribution in [3.05, 3.63) is 47.5 Å². The Hall–Kier alpha value is -2.10. The van der Waals surface area contributed by atoms with E-state index in [0.29, 0.717) is 12.0 Å². The third-order valence-corrected chi connectivity index (χ3v) is 3.03. The molecule has 1 atom stereocenters. The molecule has 0 aliphatic carbocycles. The third-order valence-electron chi connectivity index (χ3n) is 3.03. The third kappa shape index (κ3) is 4.88. The largest absolute Gasteiger partial charge is 0.368 e. The van der Waals surface area contributed by atoms with Gasteiger partial charge in [-0.15, -0.1) is 6.58 Å². The molecule has 4 heteroatoms. The first-order valence-corrected chi connectivity index (χ1v) is 6.73. The smallest absolute Gasteiger partial charge is 0.251 e. The van der Waals surface area contributed by atoms with E-state index in [2.05, 4.69) is 11.9 Å². The zero-order chi connectivity index (χ0) is 15.1. The SMILES string of the molecule is C=CCCC[C@@H](NC(=O)c1cc(C)cc(C)c1)C(N)=O.